The third-order valence-electron chi connectivity index (χ3n) is 3.40. The summed E-state index contributed by atoms with van der Waals surface area (Å²) in [6, 6.07) is 11.0. The molecule has 1 heterocycles. The highest BCUT2D eigenvalue weighted by atomic mass is 16.7. The molecule has 2 N–H and O–H groups in total. The lowest BCUT2D eigenvalue weighted by Crippen LogP contribution is -2.13. The van der Waals surface area contributed by atoms with E-state index in [4.69, 9.17) is 14.2 Å². The van der Waals surface area contributed by atoms with E-state index >= 15 is 0 Å². The second-order valence-electron chi connectivity index (χ2n) is 4.75. The van der Waals surface area contributed by atoms with E-state index in [9.17, 15) is 5.11 Å². The van der Waals surface area contributed by atoms with Crippen LogP contribution < -0.4 is 19.5 Å². The van der Waals surface area contributed by atoms with E-state index in [0.717, 1.165) is 28.4 Å². The third kappa shape index (κ3) is 2.87. The van der Waals surface area contributed by atoms with Crippen molar-refractivity contribution in [1.29, 1.82) is 0 Å². The summed E-state index contributed by atoms with van der Waals surface area (Å²) in [7, 11) is 1.61. The van der Waals surface area contributed by atoms with Crippen LogP contribution in [0, 0.1) is 0 Å². The quantitative estimate of drug-likeness (QED) is 0.884. The van der Waals surface area contributed by atoms with Crippen LogP contribution in [0.25, 0.3) is 0 Å². The molecular weight excluding hydrogens is 270 g/mol. The number of fused-ring (bicyclic) bond motifs is 1. The van der Waals surface area contributed by atoms with Gasteiger partial charge in [0.1, 0.15) is 11.5 Å². The maximum absolute atomic E-state index is 9.84. The maximum Gasteiger partial charge on any atom is 0.231 e. The summed E-state index contributed by atoms with van der Waals surface area (Å²) in [5.41, 5.74) is 1.83. The minimum Gasteiger partial charge on any atom is -0.508 e. The number of phenolic OH excluding ortho intramolecular Hbond substituents is 1. The van der Waals surface area contributed by atoms with Crippen molar-refractivity contribution < 1.29 is 19.3 Å². The summed E-state index contributed by atoms with van der Waals surface area (Å²) in [6.07, 6.45) is 0. The van der Waals surface area contributed by atoms with E-state index in [1.165, 1.54) is 0 Å². The molecule has 0 amide bonds. The number of aromatic hydroxyl groups is 1. The second-order valence-corrected chi connectivity index (χ2v) is 4.75. The van der Waals surface area contributed by atoms with Crippen LogP contribution >= 0.6 is 0 Å². The van der Waals surface area contributed by atoms with Gasteiger partial charge in [-0.1, -0.05) is 12.1 Å². The molecule has 0 saturated carbocycles. The molecule has 0 radical (unpaired) electrons. The molecule has 5 nitrogen and oxygen atoms in total. The van der Waals surface area contributed by atoms with Crippen LogP contribution in [0.1, 0.15) is 11.1 Å². The smallest absolute Gasteiger partial charge is 0.231 e. The number of phenols is 1. The Morgan fingerprint density at radius 2 is 2.00 bits per heavy atom. The molecule has 110 valence electrons. The zero-order chi connectivity index (χ0) is 14.7. The highest BCUT2D eigenvalue weighted by Crippen LogP contribution is 2.35. The third-order valence-corrected chi connectivity index (χ3v) is 3.40. The molecule has 0 saturated heterocycles. The number of para-hydroxylation sites is 1. The van der Waals surface area contributed by atoms with E-state index in [-0.39, 0.29) is 12.5 Å². The predicted octanol–water partition coefficient (Wildman–Crippen LogP) is 2.42. The first kappa shape index (κ1) is 13.6. The van der Waals surface area contributed by atoms with Gasteiger partial charge in [-0.15, -0.1) is 0 Å². The number of rotatable bonds is 5. The number of methoxy groups -OCH3 is 1. The van der Waals surface area contributed by atoms with Crippen molar-refractivity contribution in [2.45, 2.75) is 13.1 Å². The fourth-order valence-electron chi connectivity index (χ4n) is 2.29. The van der Waals surface area contributed by atoms with E-state index in [2.05, 4.69) is 5.32 Å². The van der Waals surface area contributed by atoms with Gasteiger partial charge >= 0.3 is 0 Å². The molecule has 3 rings (SSSR count). The predicted molar refractivity (Wildman–Crippen MR) is 77.8 cm³/mol. The van der Waals surface area contributed by atoms with E-state index in [1.54, 1.807) is 19.2 Å². The lowest BCUT2D eigenvalue weighted by Gasteiger charge is -2.10. The molecule has 2 aromatic carbocycles. The number of benzene rings is 2. The topological polar surface area (TPSA) is 60.0 Å². The molecule has 5 heteroatoms. The first-order valence-corrected chi connectivity index (χ1v) is 6.72. The maximum atomic E-state index is 9.84. The molecule has 0 fully saturated rings. The summed E-state index contributed by atoms with van der Waals surface area (Å²) >= 11 is 0. The lowest BCUT2D eigenvalue weighted by atomic mass is 10.1. The Hall–Kier alpha value is -2.40. The van der Waals surface area contributed by atoms with Gasteiger partial charge in [0.25, 0.3) is 0 Å². The van der Waals surface area contributed by atoms with Crippen LogP contribution in [0.5, 0.6) is 23.0 Å². The average Bonchev–Trinajstić information content (AvgIpc) is 2.98. The molecule has 0 aromatic heterocycles. The zero-order valence-corrected chi connectivity index (χ0v) is 11.8. The van der Waals surface area contributed by atoms with Gasteiger partial charge in [0.2, 0.25) is 6.79 Å². The summed E-state index contributed by atoms with van der Waals surface area (Å²) in [4.78, 5) is 0. The Kier molecular flexibility index (Phi) is 3.83. The highest BCUT2D eigenvalue weighted by Gasteiger charge is 2.16. The fourth-order valence-corrected chi connectivity index (χ4v) is 2.29. The van der Waals surface area contributed by atoms with Crippen molar-refractivity contribution in [3.63, 3.8) is 0 Å². The van der Waals surface area contributed by atoms with E-state index in [0.29, 0.717) is 13.1 Å². The van der Waals surface area contributed by atoms with Crippen LogP contribution in [-0.4, -0.2) is 19.0 Å². The summed E-state index contributed by atoms with van der Waals surface area (Å²) in [6.45, 7) is 1.43. The van der Waals surface area contributed by atoms with Crippen molar-refractivity contribution in [3.8, 4) is 23.0 Å². The van der Waals surface area contributed by atoms with Gasteiger partial charge in [0.05, 0.1) is 7.11 Å². The fraction of sp³-hybridized carbons (Fsp3) is 0.250. The molecule has 1 aliphatic heterocycles. The van der Waals surface area contributed by atoms with Gasteiger partial charge < -0.3 is 24.6 Å². The first-order valence-electron chi connectivity index (χ1n) is 6.72. The first-order chi connectivity index (χ1) is 10.3. The van der Waals surface area contributed by atoms with Crippen molar-refractivity contribution >= 4 is 0 Å². The molecule has 0 spiro atoms. The SMILES string of the molecule is COc1ccc(O)c(CNCc2cccc3c2OCO3)c1. The lowest BCUT2D eigenvalue weighted by molar-refractivity contribution is 0.173. The van der Waals surface area contributed by atoms with Gasteiger partial charge in [-0.2, -0.15) is 0 Å². The monoisotopic (exact) mass is 287 g/mol. The van der Waals surface area contributed by atoms with Gasteiger partial charge in [0.15, 0.2) is 11.5 Å². The standard InChI is InChI=1S/C16H17NO4/c1-19-13-5-6-14(18)12(7-13)9-17-8-11-3-2-4-15-16(11)21-10-20-15/h2-7,17-18H,8-10H2,1H3. The highest BCUT2D eigenvalue weighted by molar-refractivity contribution is 5.48. The van der Waals surface area contributed by atoms with E-state index < -0.39 is 0 Å². The van der Waals surface area contributed by atoms with Crippen LogP contribution in [0.4, 0.5) is 0 Å². The van der Waals surface area contributed by atoms with Crippen molar-refractivity contribution in [1.82, 2.24) is 5.32 Å². The molecular formula is C16H17NO4. The molecule has 0 unspecified atom stereocenters. The summed E-state index contributed by atoms with van der Waals surface area (Å²) in [5, 5.41) is 13.1. The van der Waals surface area contributed by atoms with Crippen molar-refractivity contribution in [2.24, 2.45) is 0 Å². The van der Waals surface area contributed by atoms with Crippen LogP contribution in [0.3, 0.4) is 0 Å². The van der Waals surface area contributed by atoms with Crippen LogP contribution in [0.15, 0.2) is 36.4 Å². The van der Waals surface area contributed by atoms with Gasteiger partial charge in [0, 0.05) is 24.2 Å². The molecule has 2 aromatic rings. The Morgan fingerprint density at radius 3 is 2.86 bits per heavy atom. The van der Waals surface area contributed by atoms with Gasteiger partial charge in [-0.3, -0.25) is 0 Å². The number of hydrogen-bond donors (Lipinski definition) is 2. The van der Waals surface area contributed by atoms with Gasteiger partial charge in [-0.05, 0) is 24.3 Å². The molecule has 21 heavy (non-hydrogen) atoms. The molecule has 0 atom stereocenters. The largest absolute Gasteiger partial charge is 0.508 e. The summed E-state index contributed by atoms with van der Waals surface area (Å²) in [5.74, 6) is 2.54. The Bertz CT molecular complexity index is 642. The Morgan fingerprint density at radius 1 is 1.14 bits per heavy atom. The normalized spacial score (nSPS) is 12.4. The minimum absolute atomic E-state index is 0.251. The van der Waals surface area contributed by atoms with Crippen LogP contribution in [-0.2, 0) is 13.1 Å². The average molecular weight is 287 g/mol. The van der Waals surface area contributed by atoms with Gasteiger partial charge in [-0.25, -0.2) is 0 Å². The molecule has 0 bridgehead atoms. The number of ether oxygens (including phenoxy) is 3. The van der Waals surface area contributed by atoms with Crippen molar-refractivity contribution in [3.05, 3.63) is 47.5 Å². The Balaban J connectivity index is 1.66. The number of nitrogens with one attached hydrogen (secondary N) is 1. The van der Waals surface area contributed by atoms with Crippen LogP contribution in [0.2, 0.25) is 0 Å². The van der Waals surface area contributed by atoms with E-state index in [1.807, 2.05) is 24.3 Å². The summed E-state index contributed by atoms with van der Waals surface area (Å²) < 4.78 is 16.0. The van der Waals surface area contributed by atoms with Crippen molar-refractivity contribution in [2.75, 3.05) is 13.9 Å². The molecule has 0 aliphatic carbocycles. The second kappa shape index (κ2) is 5.93. The number of hydrogen-bond acceptors (Lipinski definition) is 5. The zero-order valence-electron chi connectivity index (χ0n) is 11.8. The minimum atomic E-state index is 0.251. The Labute approximate surface area is 123 Å². The molecule has 1 aliphatic rings.